The van der Waals surface area contributed by atoms with Crippen molar-refractivity contribution in [2.45, 2.75) is 45.1 Å². The molecule has 1 aliphatic rings. The van der Waals surface area contributed by atoms with Crippen molar-refractivity contribution in [3.8, 4) is 37.9 Å². The van der Waals surface area contributed by atoms with E-state index in [2.05, 4.69) is 298 Å². The van der Waals surface area contributed by atoms with Crippen LogP contribution in [0.3, 0.4) is 0 Å². The van der Waals surface area contributed by atoms with Crippen LogP contribution in [-0.4, -0.2) is 44.6 Å². The Morgan fingerprint density at radius 1 is 0.464 bits per heavy atom. The van der Waals surface area contributed by atoms with E-state index in [0.29, 0.717) is 12.2 Å². The fourth-order valence-corrected chi connectivity index (χ4v) is 15.1. The van der Waals surface area contributed by atoms with Crippen molar-refractivity contribution < 1.29 is 38.2 Å². The van der Waals surface area contributed by atoms with Crippen LogP contribution in [0, 0.1) is 6.92 Å². The number of carbonyl (C=O) groups is 1. The topological polar surface area (TPSA) is 70.6 Å². The van der Waals surface area contributed by atoms with Gasteiger partial charge in [-0.25, -0.2) is 4.79 Å². The van der Waals surface area contributed by atoms with Crippen molar-refractivity contribution in [3.05, 3.63) is 336 Å². The molecular formula is C86H73BrLiN3O4S2. The molecule has 16 aromatic rings. The number of rotatable bonds is 11. The van der Waals surface area contributed by atoms with Crippen LogP contribution in [0.4, 0.5) is 0 Å². The molecule has 97 heavy (non-hydrogen) atoms. The van der Waals surface area contributed by atoms with Crippen molar-refractivity contribution in [2.24, 2.45) is 0 Å². The van der Waals surface area contributed by atoms with Crippen LogP contribution in [-0.2, 0) is 15.1 Å². The number of thiophene rings is 2. The molecule has 11 aromatic carbocycles. The average molecular weight is 1360 g/mol. The maximum atomic E-state index is 13.6. The van der Waals surface area contributed by atoms with Crippen LogP contribution in [0.15, 0.2) is 306 Å². The zero-order chi connectivity index (χ0) is 65.8. The summed E-state index contributed by atoms with van der Waals surface area (Å²) >= 11 is 6.78. The van der Waals surface area contributed by atoms with Crippen LogP contribution >= 0.6 is 38.6 Å². The summed E-state index contributed by atoms with van der Waals surface area (Å²) < 4.78 is 18.0. The number of nitrogens with zero attached hydrogens (tertiary/aromatic N) is 3. The molecule has 11 heteroatoms. The third-order valence-corrected chi connectivity index (χ3v) is 19.7. The molecule has 6 heterocycles. The molecular weight excluding hydrogens is 1290 g/mol. The van der Waals surface area contributed by atoms with Gasteiger partial charge in [0.1, 0.15) is 5.60 Å². The van der Waals surface area contributed by atoms with Crippen molar-refractivity contribution in [1.82, 2.24) is 13.7 Å². The molecule has 1 N–H and O–H groups in total. The number of benzene rings is 11. The van der Waals surface area contributed by atoms with Crippen molar-refractivity contribution in [1.29, 1.82) is 0 Å². The predicted molar refractivity (Wildman–Crippen MR) is 408 cm³/mol. The first-order valence-corrected chi connectivity index (χ1v) is 35.3. The van der Waals surface area contributed by atoms with Crippen LogP contribution in [0.2, 0.25) is 0 Å². The Morgan fingerprint density at radius 2 is 0.814 bits per heavy atom. The van der Waals surface area contributed by atoms with Crippen LogP contribution < -0.4 is 18.9 Å². The van der Waals surface area contributed by atoms with E-state index in [9.17, 15) is 9.90 Å². The fraction of sp³-hybridized carbons (Fsp3) is 0.116. The molecule has 5 aromatic heterocycles. The molecule has 0 saturated carbocycles. The van der Waals surface area contributed by atoms with Gasteiger partial charge in [-0.3, -0.25) is 0 Å². The minimum absolute atomic E-state index is 0. The van der Waals surface area contributed by atoms with Gasteiger partial charge in [0.15, 0.2) is 0 Å². The molecule has 7 nitrogen and oxygen atoms in total. The summed E-state index contributed by atoms with van der Waals surface area (Å²) in [5.74, 6) is -0.248. The van der Waals surface area contributed by atoms with Gasteiger partial charge in [-0.1, -0.05) is 229 Å². The zero-order valence-corrected chi connectivity index (χ0v) is 58.0. The molecule has 1 saturated heterocycles. The molecule has 0 unspecified atom stereocenters. The van der Waals surface area contributed by atoms with E-state index in [1.807, 2.05) is 54.8 Å². The number of carbonyl (C=O) groups excluding carboxylic acids is 1. The Balaban J connectivity index is 0.000000158. The molecule has 0 spiro atoms. The smallest absolute Gasteiger partial charge is 0.462 e. The number of unbranched alkanes of at least 4 members (excludes halogenated alkanes) is 1. The van der Waals surface area contributed by atoms with Crippen molar-refractivity contribution in [3.63, 3.8) is 0 Å². The van der Waals surface area contributed by atoms with E-state index in [0.717, 1.165) is 95.1 Å². The first-order chi connectivity index (χ1) is 47.3. The van der Waals surface area contributed by atoms with Crippen molar-refractivity contribution in [2.75, 3.05) is 19.8 Å². The molecule has 0 bridgehead atoms. The Kier molecular flexibility index (Phi) is 22.1. The van der Waals surface area contributed by atoms with Gasteiger partial charge in [-0.2, -0.15) is 6.42 Å². The Morgan fingerprint density at radius 3 is 1.19 bits per heavy atom. The second-order valence-electron chi connectivity index (χ2n) is 23.4. The molecule has 0 aliphatic carbocycles. The Hall–Kier alpha value is -9.31. The molecule has 0 atom stereocenters. The van der Waals surface area contributed by atoms with Gasteiger partial charge in [0, 0.05) is 82.4 Å². The van der Waals surface area contributed by atoms with Crippen LogP contribution in [0.5, 0.6) is 0 Å². The molecule has 1 aliphatic heterocycles. The first kappa shape index (κ1) is 67.7. The second kappa shape index (κ2) is 31.7. The Bertz CT molecular complexity index is 4970. The minimum Gasteiger partial charge on any atom is -0.462 e. The maximum Gasteiger partial charge on any atom is 1.00 e. The molecule has 0 amide bonds. The van der Waals surface area contributed by atoms with Gasteiger partial charge in [0.2, 0.25) is 0 Å². The number of ether oxygens (including phenoxy) is 2. The average Bonchev–Trinajstić information content (AvgIpc) is 1.67. The number of para-hydroxylation sites is 6. The Labute approximate surface area is 595 Å². The number of hydrogen-bond donors (Lipinski definition) is 1. The summed E-state index contributed by atoms with van der Waals surface area (Å²) in [5.41, 5.74) is 14.0. The summed E-state index contributed by atoms with van der Waals surface area (Å²) in [7, 11) is 0. The molecule has 17 rings (SSSR count). The largest absolute Gasteiger partial charge is 1.00 e. The van der Waals surface area contributed by atoms with E-state index < -0.39 is 5.60 Å². The minimum atomic E-state index is -1.48. The summed E-state index contributed by atoms with van der Waals surface area (Å²) in [4.78, 5) is 13.7. The second-order valence-corrected chi connectivity index (χ2v) is 26.1. The van der Waals surface area contributed by atoms with Gasteiger partial charge in [0.05, 0.1) is 45.3 Å². The van der Waals surface area contributed by atoms with Gasteiger partial charge in [-0.05, 0) is 144 Å². The van der Waals surface area contributed by atoms with E-state index in [-0.39, 0.29) is 24.8 Å². The summed E-state index contributed by atoms with van der Waals surface area (Å²) in [6.07, 6.45) is 4.83. The molecule has 1 fully saturated rings. The number of hydrogen-bond acceptors (Lipinski definition) is 6. The number of halogens is 1. The van der Waals surface area contributed by atoms with E-state index in [4.69, 9.17) is 9.47 Å². The van der Waals surface area contributed by atoms with Crippen molar-refractivity contribution >= 4 is 110 Å². The number of esters is 1. The van der Waals surface area contributed by atoms with E-state index in [1.54, 1.807) is 22.7 Å². The summed E-state index contributed by atoms with van der Waals surface area (Å²) in [5, 5.41) is 25.1. The third kappa shape index (κ3) is 14.1. The summed E-state index contributed by atoms with van der Waals surface area (Å²) in [6.45, 7) is 9.94. The number of fused-ring (bicyclic) bond motifs is 9. The molecule has 0 radical (unpaired) electrons. The van der Waals surface area contributed by atoms with Gasteiger partial charge in [0.25, 0.3) is 0 Å². The van der Waals surface area contributed by atoms with Gasteiger partial charge >= 0.3 is 24.8 Å². The maximum absolute atomic E-state index is 13.6. The monoisotopic (exact) mass is 1360 g/mol. The van der Waals surface area contributed by atoms with Gasteiger partial charge in [-0.15, -0.1) is 22.7 Å². The third-order valence-electron chi connectivity index (χ3n) is 17.3. The standard InChI is InChI=1S/C47H32N2OS.C18H12BrN.C13H12O2S.C4H8O.C4H9.Li/c50-47(41-28-29-51-46(41)32-14-2-1-3-15-32,33-16-12-18-35(30-33)48-42-24-8-4-20-37(42)38-21-5-9-25-43(38)48)34-17-13-19-36(31-34)49-44-26-10-6-22-39(44)40-23-7-11-27-45(40)49;19-13-6-5-7-14(12-13)20-17-10-3-1-8-15(17)16-9-2-4-11-18(16)20;1-2-15-13(14)11-8-9-16-12(11)10-6-4-3-5-7-10;1-2-4-5-3-1;1-3-4-2;/h1-31,50H;1-12H;3-9H,2H2,1H3;1-4H2;1,3-4H2,2H3;/q;;;;-1;+1. The van der Waals surface area contributed by atoms with Crippen LogP contribution in [0.25, 0.3) is 103 Å². The number of aromatic nitrogens is 3. The van der Waals surface area contributed by atoms with Gasteiger partial charge < -0.3 is 35.2 Å². The normalized spacial score (nSPS) is 11.8. The van der Waals surface area contributed by atoms with E-state index in [1.165, 1.54) is 68.3 Å². The SMILES string of the molecule is Brc1cccc(-n2c3ccccc3c3ccccc32)c1.C1CCOC1.CCOC(=O)c1ccsc1-c1ccccc1.OC(c1cccc(-n2c3ccccc3c3ccccc32)c1)(c1cccc(-n2c3ccccc3c3ccccc32)c1)c1ccsc1-c1ccccc1.[CH2-]CCC.[Li+]. The predicted octanol–water partition coefficient (Wildman–Crippen LogP) is 20.5. The first-order valence-electron chi connectivity index (χ1n) is 32.7. The fourth-order valence-electron chi connectivity index (χ4n) is 12.8. The quantitative estimate of drug-likeness (QED) is 0.0796. The van der Waals surface area contributed by atoms with E-state index >= 15 is 0 Å². The van der Waals surface area contributed by atoms with Crippen LogP contribution in [0.1, 0.15) is 66.6 Å². The zero-order valence-electron chi connectivity index (χ0n) is 54.7. The summed E-state index contributed by atoms with van der Waals surface area (Å²) in [6, 6.07) is 101. The number of aliphatic hydroxyl groups is 1. The molecule has 476 valence electrons.